The van der Waals surface area contributed by atoms with E-state index in [2.05, 4.69) is 5.10 Å². The van der Waals surface area contributed by atoms with Gasteiger partial charge >= 0.3 is 0 Å². The van der Waals surface area contributed by atoms with Crippen molar-refractivity contribution in [3.05, 3.63) is 52.8 Å². The fourth-order valence-electron chi connectivity index (χ4n) is 1.87. The molecule has 2 aromatic rings. The molecule has 120 valence electrons. The van der Waals surface area contributed by atoms with Crippen LogP contribution < -0.4 is 14.9 Å². The Morgan fingerprint density at radius 2 is 1.48 bits per heavy atom. The topological polar surface area (TPSA) is 42.9 Å². The van der Waals surface area contributed by atoms with Crippen LogP contribution in [0, 0.1) is 29.1 Å². The maximum absolute atomic E-state index is 13.4. The molecule has 0 aromatic heterocycles. The maximum Gasteiger partial charge on any atom is 0.231 e. The van der Waals surface area contributed by atoms with Crippen LogP contribution >= 0.6 is 0 Å². The van der Waals surface area contributed by atoms with Gasteiger partial charge in [0.05, 0.1) is 6.21 Å². The van der Waals surface area contributed by atoms with Crippen molar-refractivity contribution in [3.63, 3.8) is 0 Å². The molecule has 1 heterocycles. The summed E-state index contributed by atoms with van der Waals surface area (Å²) in [6.07, 6.45) is 1.13. The third kappa shape index (κ3) is 2.65. The predicted octanol–water partition coefficient (Wildman–Crippen LogP) is 3.56. The Kier molecular flexibility index (Phi) is 3.77. The van der Waals surface area contributed by atoms with Crippen LogP contribution in [0.3, 0.4) is 0 Å². The smallest absolute Gasteiger partial charge is 0.231 e. The molecule has 2 aromatic carbocycles. The molecule has 0 unspecified atom stereocenters. The number of nitrogens with one attached hydrogen (secondary N) is 1. The van der Waals surface area contributed by atoms with Gasteiger partial charge in [0.1, 0.15) is 5.69 Å². The maximum atomic E-state index is 13.4. The fourth-order valence-corrected chi connectivity index (χ4v) is 1.87. The second kappa shape index (κ2) is 5.75. The van der Waals surface area contributed by atoms with Crippen molar-refractivity contribution in [2.24, 2.45) is 5.10 Å². The zero-order valence-electron chi connectivity index (χ0n) is 11.2. The van der Waals surface area contributed by atoms with E-state index in [0.717, 1.165) is 6.21 Å². The fraction of sp³-hybridized carbons (Fsp3) is 0.0714. The zero-order chi connectivity index (χ0) is 16.6. The summed E-state index contributed by atoms with van der Waals surface area (Å²) in [7, 11) is 0. The minimum absolute atomic E-state index is 0.0682. The first kappa shape index (κ1) is 15.1. The van der Waals surface area contributed by atoms with E-state index in [4.69, 9.17) is 9.47 Å². The van der Waals surface area contributed by atoms with Crippen LogP contribution in [0.15, 0.2) is 23.3 Å². The third-order valence-electron chi connectivity index (χ3n) is 3.00. The molecule has 0 saturated heterocycles. The van der Waals surface area contributed by atoms with Gasteiger partial charge in [-0.2, -0.15) is 5.10 Å². The van der Waals surface area contributed by atoms with Crippen LogP contribution in [-0.4, -0.2) is 13.0 Å². The van der Waals surface area contributed by atoms with Crippen LogP contribution in [0.25, 0.3) is 0 Å². The highest BCUT2D eigenvalue weighted by Gasteiger charge is 2.25. The van der Waals surface area contributed by atoms with Gasteiger partial charge in [0, 0.05) is 0 Å². The number of nitrogens with zero attached hydrogens (tertiary/aromatic N) is 1. The average Bonchev–Trinajstić information content (AvgIpc) is 3.02. The van der Waals surface area contributed by atoms with Crippen molar-refractivity contribution in [2.45, 2.75) is 0 Å². The molecule has 0 bridgehead atoms. The number of ether oxygens (including phenoxy) is 2. The molecule has 1 aliphatic heterocycles. The van der Waals surface area contributed by atoms with Crippen molar-refractivity contribution in [1.29, 1.82) is 0 Å². The Morgan fingerprint density at radius 3 is 2.17 bits per heavy atom. The Balaban J connectivity index is 1.83. The van der Waals surface area contributed by atoms with Gasteiger partial charge in [-0.1, -0.05) is 0 Å². The number of hydrazone groups is 1. The summed E-state index contributed by atoms with van der Waals surface area (Å²) >= 11 is 0. The predicted molar refractivity (Wildman–Crippen MR) is 70.0 cm³/mol. The summed E-state index contributed by atoms with van der Waals surface area (Å²) in [5.74, 6) is -9.35. The minimum Gasteiger partial charge on any atom is -0.454 e. The van der Waals surface area contributed by atoms with Crippen LogP contribution in [0.2, 0.25) is 0 Å². The first-order valence-electron chi connectivity index (χ1n) is 6.19. The number of benzene rings is 2. The largest absolute Gasteiger partial charge is 0.454 e. The van der Waals surface area contributed by atoms with E-state index in [9.17, 15) is 22.0 Å². The molecule has 0 radical (unpaired) electrons. The van der Waals surface area contributed by atoms with Gasteiger partial charge in [0.2, 0.25) is 12.6 Å². The summed E-state index contributed by atoms with van der Waals surface area (Å²) in [6.45, 7) is 0.0682. The standard InChI is InChI=1S/C14H7F5N2O2/c15-9-10(16)12(18)14(13(19)11(9)17)21-20-4-6-1-2-7-8(3-6)23-5-22-7/h1-4,21H,5H2/b20-4-. The Bertz CT molecular complexity index is 781. The quantitative estimate of drug-likeness (QED) is 0.308. The van der Waals surface area contributed by atoms with E-state index in [-0.39, 0.29) is 6.79 Å². The van der Waals surface area contributed by atoms with Crippen molar-refractivity contribution in [1.82, 2.24) is 0 Å². The monoisotopic (exact) mass is 330 g/mol. The summed E-state index contributed by atoms with van der Waals surface area (Å²) < 4.78 is 76.0. The van der Waals surface area contributed by atoms with Gasteiger partial charge in [-0.05, 0) is 23.8 Å². The molecular weight excluding hydrogens is 323 g/mol. The summed E-state index contributed by atoms with van der Waals surface area (Å²) in [4.78, 5) is 0. The van der Waals surface area contributed by atoms with Gasteiger partial charge < -0.3 is 9.47 Å². The number of halogens is 5. The van der Waals surface area contributed by atoms with Crippen LogP contribution in [0.1, 0.15) is 5.56 Å². The Morgan fingerprint density at radius 1 is 0.870 bits per heavy atom. The molecular formula is C14H7F5N2O2. The van der Waals surface area contributed by atoms with E-state index in [1.165, 1.54) is 6.07 Å². The van der Waals surface area contributed by atoms with Gasteiger partial charge in [0.15, 0.2) is 34.8 Å². The van der Waals surface area contributed by atoms with E-state index in [0.29, 0.717) is 17.1 Å². The second-order valence-corrected chi connectivity index (χ2v) is 4.43. The molecule has 9 heteroatoms. The molecule has 0 saturated carbocycles. The van der Waals surface area contributed by atoms with Crippen LogP contribution in [-0.2, 0) is 0 Å². The zero-order valence-corrected chi connectivity index (χ0v) is 11.2. The van der Waals surface area contributed by atoms with E-state index >= 15 is 0 Å². The van der Waals surface area contributed by atoms with E-state index in [1.807, 2.05) is 5.43 Å². The average molecular weight is 330 g/mol. The highest BCUT2D eigenvalue weighted by atomic mass is 19.2. The van der Waals surface area contributed by atoms with Gasteiger partial charge in [-0.15, -0.1) is 0 Å². The molecule has 0 fully saturated rings. The van der Waals surface area contributed by atoms with Crippen molar-refractivity contribution < 1.29 is 31.4 Å². The molecule has 4 nitrogen and oxygen atoms in total. The van der Waals surface area contributed by atoms with E-state index < -0.39 is 34.8 Å². The van der Waals surface area contributed by atoms with Gasteiger partial charge in [-0.3, -0.25) is 5.43 Å². The van der Waals surface area contributed by atoms with Gasteiger partial charge in [0.25, 0.3) is 0 Å². The van der Waals surface area contributed by atoms with Crippen molar-refractivity contribution in [3.8, 4) is 11.5 Å². The van der Waals surface area contributed by atoms with E-state index in [1.54, 1.807) is 12.1 Å². The first-order valence-corrected chi connectivity index (χ1v) is 6.19. The molecule has 1 N–H and O–H groups in total. The molecule has 23 heavy (non-hydrogen) atoms. The lowest BCUT2D eigenvalue weighted by molar-refractivity contribution is 0.174. The minimum atomic E-state index is -2.23. The molecule has 0 amide bonds. The van der Waals surface area contributed by atoms with Crippen molar-refractivity contribution >= 4 is 11.9 Å². The molecule has 0 atom stereocenters. The third-order valence-corrected chi connectivity index (χ3v) is 3.00. The lowest BCUT2D eigenvalue weighted by Crippen LogP contribution is -2.06. The molecule has 0 aliphatic carbocycles. The Labute approximate surface area is 126 Å². The molecule has 1 aliphatic rings. The molecule has 3 rings (SSSR count). The lowest BCUT2D eigenvalue weighted by Gasteiger charge is -2.07. The van der Waals surface area contributed by atoms with Crippen molar-refractivity contribution in [2.75, 3.05) is 12.2 Å². The number of hydrogen-bond donors (Lipinski definition) is 1. The number of anilines is 1. The lowest BCUT2D eigenvalue weighted by atomic mass is 10.2. The highest BCUT2D eigenvalue weighted by Crippen LogP contribution is 2.32. The summed E-state index contributed by atoms with van der Waals surface area (Å²) in [5.41, 5.74) is 1.03. The van der Waals surface area contributed by atoms with Crippen LogP contribution in [0.5, 0.6) is 11.5 Å². The number of fused-ring (bicyclic) bond motifs is 1. The second-order valence-electron chi connectivity index (χ2n) is 4.43. The van der Waals surface area contributed by atoms with Crippen LogP contribution in [0.4, 0.5) is 27.6 Å². The number of hydrogen-bond acceptors (Lipinski definition) is 4. The summed E-state index contributed by atoms with van der Waals surface area (Å²) in [5, 5.41) is 3.46. The van der Waals surface area contributed by atoms with Gasteiger partial charge in [-0.25, -0.2) is 22.0 Å². The number of rotatable bonds is 3. The Hall–Kier alpha value is -2.84. The normalized spacial score (nSPS) is 12.9. The SMILES string of the molecule is Fc1c(F)c(F)c(N/N=C\c2ccc3c(c2)OCO3)c(F)c1F. The highest BCUT2D eigenvalue weighted by molar-refractivity contribution is 5.81. The molecule has 0 spiro atoms. The summed E-state index contributed by atoms with van der Waals surface area (Å²) in [6, 6.07) is 4.69. The first-order chi connectivity index (χ1) is 11.0.